The first kappa shape index (κ1) is 14.1. The average molecular weight is 277 g/mol. The van der Waals surface area contributed by atoms with Gasteiger partial charge in [-0.2, -0.15) is 0 Å². The zero-order chi connectivity index (χ0) is 14.7. The van der Waals surface area contributed by atoms with Gasteiger partial charge in [0.1, 0.15) is 17.4 Å². The van der Waals surface area contributed by atoms with Crippen molar-refractivity contribution in [2.75, 3.05) is 7.11 Å². The molecule has 1 aromatic heterocycles. The second-order valence-corrected chi connectivity index (χ2v) is 4.25. The fourth-order valence-electron chi connectivity index (χ4n) is 2.09. The van der Waals surface area contributed by atoms with E-state index in [9.17, 15) is 9.59 Å². The number of rotatable bonds is 4. The standard InChI is InChI=1S/C14H15NO5/c1-3-11(18-2)8-4-5-9-10(7-19-12(9)6-8)13(16)20-14(15)17/h4-7,11H,3H2,1-2H3,(H2,15,17). The molecule has 2 rings (SSSR count). The maximum Gasteiger partial charge on any atom is 0.412 e. The van der Waals surface area contributed by atoms with Gasteiger partial charge in [-0.05, 0) is 24.1 Å². The van der Waals surface area contributed by atoms with E-state index in [-0.39, 0.29) is 11.7 Å². The molecular formula is C14H15NO5. The van der Waals surface area contributed by atoms with Crippen LogP contribution in [0.3, 0.4) is 0 Å². The highest BCUT2D eigenvalue weighted by molar-refractivity contribution is 6.06. The lowest BCUT2D eigenvalue weighted by atomic mass is 10.0. The highest BCUT2D eigenvalue weighted by Crippen LogP contribution is 2.28. The van der Waals surface area contributed by atoms with Gasteiger partial charge in [-0.25, -0.2) is 9.59 Å². The fourth-order valence-corrected chi connectivity index (χ4v) is 2.09. The molecule has 2 N–H and O–H groups in total. The van der Waals surface area contributed by atoms with Crippen molar-refractivity contribution in [1.29, 1.82) is 0 Å². The molecule has 20 heavy (non-hydrogen) atoms. The van der Waals surface area contributed by atoms with E-state index < -0.39 is 12.1 Å². The van der Waals surface area contributed by atoms with Crippen molar-refractivity contribution in [3.05, 3.63) is 35.6 Å². The van der Waals surface area contributed by atoms with Gasteiger partial charge in [-0.15, -0.1) is 0 Å². The molecule has 0 spiro atoms. The van der Waals surface area contributed by atoms with Crippen LogP contribution in [0.25, 0.3) is 11.0 Å². The number of benzene rings is 1. The number of amides is 1. The highest BCUT2D eigenvalue weighted by Gasteiger charge is 2.18. The maximum absolute atomic E-state index is 11.7. The SMILES string of the molecule is CCC(OC)c1ccc2c(C(=O)OC(N)=O)coc2c1. The third-order valence-corrected chi connectivity index (χ3v) is 3.04. The number of nitrogens with two attached hydrogens (primary N) is 1. The van der Waals surface area contributed by atoms with E-state index in [4.69, 9.17) is 14.9 Å². The van der Waals surface area contributed by atoms with Crippen LogP contribution in [0.5, 0.6) is 0 Å². The zero-order valence-electron chi connectivity index (χ0n) is 11.2. The molecule has 0 saturated heterocycles. The van der Waals surface area contributed by atoms with Crippen molar-refractivity contribution in [3.8, 4) is 0 Å². The van der Waals surface area contributed by atoms with Gasteiger partial charge in [0.15, 0.2) is 0 Å². The quantitative estimate of drug-likeness (QED) is 0.685. The lowest BCUT2D eigenvalue weighted by Gasteiger charge is -2.12. The third kappa shape index (κ3) is 2.65. The Morgan fingerprint density at radius 2 is 2.15 bits per heavy atom. The molecule has 6 heteroatoms. The number of fused-ring (bicyclic) bond motifs is 1. The molecule has 1 aromatic carbocycles. The predicted octanol–water partition coefficient (Wildman–Crippen LogP) is 2.77. The van der Waals surface area contributed by atoms with E-state index in [0.717, 1.165) is 12.0 Å². The summed E-state index contributed by atoms with van der Waals surface area (Å²) in [4.78, 5) is 22.2. The molecule has 0 radical (unpaired) electrons. The first-order valence-electron chi connectivity index (χ1n) is 6.12. The van der Waals surface area contributed by atoms with Gasteiger partial charge >= 0.3 is 12.1 Å². The van der Waals surface area contributed by atoms with Crippen LogP contribution in [-0.4, -0.2) is 19.2 Å². The van der Waals surface area contributed by atoms with Crippen LogP contribution in [-0.2, 0) is 9.47 Å². The number of esters is 1. The van der Waals surface area contributed by atoms with E-state index in [2.05, 4.69) is 4.74 Å². The minimum Gasteiger partial charge on any atom is -0.463 e. The van der Waals surface area contributed by atoms with E-state index in [1.165, 1.54) is 6.26 Å². The molecule has 0 saturated carbocycles. The number of ether oxygens (including phenoxy) is 2. The number of primary amides is 1. The summed E-state index contributed by atoms with van der Waals surface area (Å²) in [6.07, 6.45) is 0.879. The molecule has 2 aromatic rings. The molecule has 0 aliphatic heterocycles. The Bertz CT molecular complexity index is 642. The molecule has 106 valence electrons. The van der Waals surface area contributed by atoms with Crippen molar-refractivity contribution in [2.45, 2.75) is 19.4 Å². The van der Waals surface area contributed by atoms with Gasteiger partial charge < -0.3 is 19.6 Å². The van der Waals surface area contributed by atoms with Crippen molar-refractivity contribution in [3.63, 3.8) is 0 Å². The lowest BCUT2D eigenvalue weighted by molar-refractivity contribution is 0.0639. The van der Waals surface area contributed by atoms with Crippen LogP contribution in [0, 0.1) is 0 Å². The Morgan fingerprint density at radius 3 is 2.75 bits per heavy atom. The topological polar surface area (TPSA) is 91.8 Å². The number of methoxy groups -OCH3 is 1. The van der Waals surface area contributed by atoms with Crippen LogP contribution >= 0.6 is 0 Å². The summed E-state index contributed by atoms with van der Waals surface area (Å²) in [5.74, 6) is -0.831. The normalized spacial score (nSPS) is 12.3. The number of carbonyl (C=O) groups is 2. The number of hydrogen-bond donors (Lipinski definition) is 1. The third-order valence-electron chi connectivity index (χ3n) is 3.04. The van der Waals surface area contributed by atoms with E-state index >= 15 is 0 Å². The molecular weight excluding hydrogens is 262 g/mol. The molecule has 0 fully saturated rings. The predicted molar refractivity (Wildman–Crippen MR) is 71.3 cm³/mol. The largest absolute Gasteiger partial charge is 0.463 e. The second-order valence-electron chi connectivity index (χ2n) is 4.25. The summed E-state index contributed by atoms with van der Waals surface area (Å²) in [6, 6.07) is 5.37. The van der Waals surface area contributed by atoms with Crippen molar-refractivity contribution >= 4 is 23.0 Å². The summed E-state index contributed by atoms with van der Waals surface area (Å²) < 4.78 is 15.0. The summed E-state index contributed by atoms with van der Waals surface area (Å²) in [5, 5.41) is 0.561. The van der Waals surface area contributed by atoms with Crippen LogP contribution < -0.4 is 5.73 Å². The molecule has 0 bridgehead atoms. The fraction of sp³-hybridized carbons (Fsp3) is 0.286. The minimum absolute atomic E-state index is 0.0366. The van der Waals surface area contributed by atoms with Gasteiger partial charge in [0, 0.05) is 12.5 Å². The monoisotopic (exact) mass is 277 g/mol. The van der Waals surface area contributed by atoms with Crippen molar-refractivity contribution < 1.29 is 23.5 Å². The summed E-state index contributed by atoms with van der Waals surface area (Å²) >= 11 is 0. The first-order chi connectivity index (χ1) is 9.56. The smallest absolute Gasteiger partial charge is 0.412 e. The molecule has 1 amide bonds. The molecule has 1 atom stereocenters. The molecule has 0 aliphatic rings. The molecule has 6 nitrogen and oxygen atoms in total. The van der Waals surface area contributed by atoms with Crippen LogP contribution in [0.1, 0.15) is 35.4 Å². The number of hydrogen-bond acceptors (Lipinski definition) is 5. The summed E-state index contributed by atoms with van der Waals surface area (Å²) in [5.41, 5.74) is 6.45. The first-order valence-corrected chi connectivity index (χ1v) is 6.12. The number of carbonyl (C=O) groups excluding carboxylic acids is 2. The van der Waals surface area contributed by atoms with Crippen molar-refractivity contribution in [1.82, 2.24) is 0 Å². The lowest BCUT2D eigenvalue weighted by Crippen LogP contribution is -2.18. The highest BCUT2D eigenvalue weighted by atomic mass is 16.6. The Morgan fingerprint density at radius 1 is 1.40 bits per heavy atom. The number of furan rings is 1. The van der Waals surface area contributed by atoms with Gasteiger partial charge in [0.05, 0.1) is 6.10 Å². The van der Waals surface area contributed by atoms with E-state index in [1.54, 1.807) is 19.2 Å². The Hall–Kier alpha value is -2.34. The summed E-state index contributed by atoms with van der Waals surface area (Å²) in [7, 11) is 1.64. The summed E-state index contributed by atoms with van der Waals surface area (Å²) in [6.45, 7) is 2.01. The van der Waals surface area contributed by atoms with Gasteiger partial charge in [-0.1, -0.05) is 13.0 Å². The zero-order valence-corrected chi connectivity index (χ0v) is 11.2. The van der Waals surface area contributed by atoms with Crippen LogP contribution in [0.2, 0.25) is 0 Å². The van der Waals surface area contributed by atoms with Crippen LogP contribution in [0.15, 0.2) is 28.9 Å². The average Bonchev–Trinajstić information content (AvgIpc) is 2.82. The Balaban J connectivity index is 2.38. The minimum atomic E-state index is -1.15. The van der Waals surface area contributed by atoms with E-state index in [0.29, 0.717) is 11.0 Å². The van der Waals surface area contributed by atoms with Gasteiger partial charge in [-0.3, -0.25) is 0 Å². The Kier molecular flexibility index (Phi) is 4.05. The molecule has 0 aliphatic carbocycles. The van der Waals surface area contributed by atoms with Crippen LogP contribution in [0.4, 0.5) is 4.79 Å². The Labute approximate surface area is 115 Å². The van der Waals surface area contributed by atoms with Gasteiger partial charge in [0.2, 0.25) is 0 Å². The van der Waals surface area contributed by atoms with Crippen molar-refractivity contribution in [2.24, 2.45) is 5.73 Å². The second kappa shape index (κ2) is 5.75. The molecule has 1 unspecified atom stereocenters. The van der Waals surface area contributed by atoms with Gasteiger partial charge in [0.25, 0.3) is 0 Å². The van der Waals surface area contributed by atoms with E-state index in [1.807, 2.05) is 13.0 Å². The maximum atomic E-state index is 11.7. The molecule has 1 heterocycles.